The van der Waals surface area contributed by atoms with E-state index in [1.165, 1.54) is 5.56 Å². The van der Waals surface area contributed by atoms with Crippen LogP contribution >= 0.6 is 15.9 Å². The molecule has 3 nitrogen and oxygen atoms in total. The second kappa shape index (κ2) is 7.18. The van der Waals surface area contributed by atoms with Crippen molar-refractivity contribution in [1.82, 2.24) is 5.43 Å². The van der Waals surface area contributed by atoms with Crippen molar-refractivity contribution in [3.05, 3.63) is 69.7 Å². The van der Waals surface area contributed by atoms with Gasteiger partial charge in [-0.2, -0.15) is 5.10 Å². The Hall–Kier alpha value is -1.94. The lowest BCUT2D eigenvalue weighted by Crippen LogP contribution is -2.19. The molecule has 0 saturated carbocycles. The molecule has 2 rings (SSSR count). The van der Waals surface area contributed by atoms with Crippen LogP contribution in [0.4, 0.5) is 0 Å². The Kier molecular flexibility index (Phi) is 5.28. The highest BCUT2D eigenvalue weighted by molar-refractivity contribution is 9.10. The van der Waals surface area contributed by atoms with Gasteiger partial charge in [-0.25, -0.2) is 5.43 Å². The van der Waals surface area contributed by atoms with Gasteiger partial charge in [0.25, 0.3) is 5.91 Å². The fraction of sp³-hybridized carbons (Fsp3) is 0.176. The van der Waals surface area contributed by atoms with Gasteiger partial charge < -0.3 is 0 Å². The van der Waals surface area contributed by atoms with Crippen molar-refractivity contribution in [3.63, 3.8) is 0 Å². The minimum Gasteiger partial charge on any atom is -0.267 e. The van der Waals surface area contributed by atoms with Crippen LogP contribution in [0.2, 0.25) is 0 Å². The molecule has 108 valence electrons. The molecule has 1 amide bonds. The van der Waals surface area contributed by atoms with Crippen molar-refractivity contribution in [2.24, 2.45) is 5.10 Å². The summed E-state index contributed by atoms with van der Waals surface area (Å²) in [4.78, 5) is 12.1. The van der Waals surface area contributed by atoms with Gasteiger partial charge in [0.2, 0.25) is 0 Å². The van der Waals surface area contributed by atoms with Crippen LogP contribution in [0.1, 0.15) is 35.3 Å². The van der Waals surface area contributed by atoms with E-state index in [9.17, 15) is 4.79 Å². The van der Waals surface area contributed by atoms with Gasteiger partial charge in [0, 0.05) is 4.47 Å². The number of nitrogens with one attached hydrogen (secondary N) is 1. The molecule has 0 fully saturated rings. The van der Waals surface area contributed by atoms with E-state index in [-0.39, 0.29) is 5.91 Å². The lowest BCUT2D eigenvalue weighted by molar-refractivity contribution is 0.0954. The minimum atomic E-state index is -0.230. The molecule has 2 aromatic rings. The van der Waals surface area contributed by atoms with Crippen LogP contribution in [0.5, 0.6) is 0 Å². The lowest BCUT2D eigenvalue weighted by atomic mass is 10.1. The molecule has 0 aliphatic rings. The van der Waals surface area contributed by atoms with Gasteiger partial charge in [-0.05, 0) is 52.5 Å². The van der Waals surface area contributed by atoms with Crippen molar-refractivity contribution >= 4 is 27.5 Å². The van der Waals surface area contributed by atoms with Crippen molar-refractivity contribution < 1.29 is 4.79 Å². The number of hydrogen-bond acceptors (Lipinski definition) is 2. The topological polar surface area (TPSA) is 41.5 Å². The maximum Gasteiger partial charge on any atom is 0.272 e. The summed E-state index contributed by atoms with van der Waals surface area (Å²) in [5, 5.41) is 4.16. The average Bonchev–Trinajstić information content (AvgIpc) is 2.52. The zero-order valence-electron chi connectivity index (χ0n) is 12.1. The number of carbonyl (C=O) groups excluding carboxylic acids is 1. The third-order valence-electron chi connectivity index (χ3n) is 3.22. The highest BCUT2D eigenvalue weighted by Gasteiger charge is 2.08. The molecule has 2 aromatic carbocycles. The Morgan fingerprint density at radius 3 is 2.43 bits per heavy atom. The predicted molar refractivity (Wildman–Crippen MR) is 89.6 cm³/mol. The monoisotopic (exact) mass is 344 g/mol. The second-order valence-corrected chi connectivity index (χ2v) is 5.52. The molecule has 0 unspecified atom stereocenters. The molecule has 21 heavy (non-hydrogen) atoms. The van der Waals surface area contributed by atoms with Crippen LogP contribution in [-0.4, -0.2) is 11.6 Å². The maximum absolute atomic E-state index is 12.1. The van der Waals surface area contributed by atoms with E-state index < -0.39 is 0 Å². The number of hydrazone groups is 1. The average molecular weight is 345 g/mol. The molecule has 0 bridgehead atoms. The fourth-order valence-electron chi connectivity index (χ4n) is 1.89. The first-order valence-electron chi connectivity index (χ1n) is 6.80. The number of carbonyl (C=O) groups is 1. The van der Waals surface area contributed by atoms with Crippen molar-refractivity contribution in [2.45, 2.75) is 20.3 Å². The second-order valence-electron chi connectivity index (χ2n) is 4.67. The molecule has 4 heteroatoms. The molecule has 0 aromatic heterocycles. The number of hydrogen-bond donors (Lipinski definition) is 1. The zero-order valence-corrected chi connectivity index (χ0v) is 13.6. The fourth-order valence-corrected chi connectivity index (χ4v) is 2.35. The summed E-state index contributed by atoms with van der Waals surface area (Å²) in [6.07, 6.45) is 1.01. The number of halogens is 1. The molecule has 0 aliphatic heterocycles. The van der Waals surface area contributed by atoms with Crippen molar-refractivity contribution in [1.29, 1.82) is 0 Å². The first kappa shape index (κ1) is 15.4. The summed E-state index contributed by atoms with van der Waals surface area (Å²) in [6, 6.07) is 15.4. The molecule has 0 aliphatic carbocycles. The van der Waals surface area contributed by atoms with E-state index in [1.807, 2.05) is 37.3 Å². The SMILES string of the molecule is CCc1ccc(/C(C)=N\NC(=O)c2ccccc2Br)cc1. The zero-order chi connectivity index (χ0) is 15.2. The smallest absolute Gasteiger partial charge is 0.267 e. The molecule has 0 spiro atoms. The number of rotatable bonds is 4. The predicted octanol–water partition coefficient (Wildman–Crippen LogP) is 4.17. The quantitative estimate of drug-likeness (QED) is 0.656. The molecular formula is C17H17BrN2O. The molecule has 0 atom stereocenters. The highest BCUT2D eigenvalue weighted by atomic mass is 79.9. The van der Waals surface area contributed by atoms with E-state index in [2.05, 4.69) is 45.5 Å². The lowest BCUT2D eigenvalue weighted by Gasteiger charge is -2.05. The van der Waals surface area contributed by atoms with Crippen LogP contribution in [0.15, 0.2) is 58.1 Å². The Morgan fingerprint density at radius 1 is 1.14 bits per heavy atom. The van der Waals surface area contributed by atoms with E-state index >= 15 is 0 Å². The molecule has 0 radical (unpaired) electrons. The molecule has 0 heterocycles. The van der Waals surface area contributed by atoms with Crippen LogP contribution in [0.3, 0.4) is 0 Å². The minimum absolute atomic E-state index is 0.230. The highest BCUT2D eigenvalue weighted by Crippen LogP contribution is 2.15. The first-order chi connectivity index (χ1) is 10.1. The van der Waals surface area contributed by atoms with Gasteiger partial charge in [-0.3, -0.25) is 4.79 Å². The Balaban J connectivity index is 2.09. The third kappa shape index (κ3) is 4.02. The van der Waals surface area contributed by atoms with Crippen LogP contribution in [0, 0.1) is 0 Å². The van der Waals surface area contributed by atoms with Crippen LogP contribution in [0.25, 0.3) is 0 Å². The third-order valence-corrected chi connectivity index (χ3v) is 3.92. The normalized spacial score (nSPS) is 11.3. The summed E-state index contributed by atoms with van der Waals surface area (Å²) in [7, 11) is 0. The summed E-state index contributed by atoms with van der Waals surface area (Å²) in [5.74, 6) is -0.230. The molecular weight excluding hydrogens is 328 g/mol. The maximum atomic E-state index is 12.1. The van der Waals surface area contributed by atoms with Gasteiger partial charge in [0.05, 0.1) is 11.3 Å². The summed E-state index contributed by atoms with van der Waals surface area (Å²) >= 11 is 3.36. The standard InChI is InChI=1S/C17H17BrN2O/c1-3-13-8-10-14(11-9-13)12(2)19-20-17(21)15-6-4-5-7-16(15)18/h4-11H,3H2,1-2H3,(H,20,21)/b19-12-. The van der Waals surface area contributed by atoms with Gasteiger partial charge in [0.15, 0.2) is 0 Å². The van der Waals surface area contributed by atoms with Crippen LogP contribution < -0.4 is 5.43 Å². The Morgan fingerprint density at radius 2 is 1.81 bits per heavy atom. The largest absolute Gasteiger partial charge is 0.272 e. The van der Waals surface area contributed by atoms with E-state index in [0.29, 0.717) is 5.56 Å². The Bertz CT molecular complexity index is 663. The summed E-state index contributed by atoms with van der Waals surface area (Å²) < 4.78 is 0.752. The van der Waals surface area contributed by atoms with E-state index in [4.69, 9.17) is 0 Å². The number of aryl methyl sites for hydroxylation is 1. The number of amides is 1. The Labute approximate surface area is 133 Å². The molecule has 0 saturated heterocycles. The van der Waals surface area contributed by atoms with E-state index in [1.54, 1.807) is 6.07 Å². The van der Waals surface area contributed by atoms with Gasteiger partial charge in [-0.15, -0.1) is 0 Å². The van der Waals surface area contributed by atoms with Gasteiger partial charge in [0.1, 0.15) is 0 Å². The van der Waals surface area contributed by atoms with Crippen molar-refractivity contribution in [3.8, 4) is 0 Å². The molecule has 1 N–H and O–H groups in total. The van der Waals surface area contributed by atoms with Gasteiger partial charge >= 0.3 is 0 Å². The summed E-state index contributed by atoms with van der Waals surface area (Å²) in [6.45, 7) is 4.00. The number of nitrogens with zero attached hydrogens (tertiary/aromatic N) is 1. The van der Waals surface area contributed by atoms with Gasteiger partial charge in [-0.1, -0.05) is 43.3 Å². The van der Waals surface area contributed by atoms with Crippen molar-refractivity contribution in [2.75, 3.05) is 0 Å². The van der Waals surface area contributed by atoms with E-state index in [0.717, 1.165) is 22.2 Å². The first-order valence-corrected chi connectivity index (χ1v) is 7.59. The number of benzene rings is 2. The van der Waals surface area contributed by atoms with Crippen LogP contribution in [-0.2, 0) is 6.42 Å². The summed E-state index contributed by atoms with van der Waals surface area (Å²) in [5.41, 5.74) is 6.21.